The molecule has 0 aromatic rings. The van der Waals surface area contributed by atoms with Crippen molar-refractivity contribution in [2.24, 2.45) is 0 Å². The average Bonchev–Trinajstić information content (AvgIpc) is 2.15. The smallest absolute Gasteiger partial charge is 0.307 e. The molecule has 0 aliphatic carbocycles. The fraction of sp³-hybridized carbons (Fsp3) is 0.917. The van der Waals surface area contributed by atoms with Gasteiger partial charge in [-0.1, -0.05) is 0 Å². The highest BCUT2D eigenvalue weighted by Gasteiger charge is 2.29. The van der Waals surface area contributed by atoms with Gasteiger partial charge >= 0.3 is 5.97 Å². The number of nitrogens with one attached hydrogen (secondary N) is 1. The number of carbonyl (C=O) groups is 1. The Morgan fingerprint density at radius 1 is 1.62 bits per heavy atom. The van der Waals surface area contributed by atoms with Gasteiger partial charge in [0.05, 0.1) is 19.1 Å². The predicted molar refractivity (Wildman–Crippen MR) is 62.3 cm³/mol. The normalized spacial score (nSPS) is 26.1. The molecule has 0 aromatic carbocycles. The third-order valence-electron chi connectivity index (χ3n) is 2.92. The molecule has 0 amide bonds. The molecule has 4 heteroatoms. The van der Waals surface area contributed by atoms with E-state index in [0.717, 1.165) is 19.4 Å². The molecule has 1 fully saturated rings. The molecular weight excluding hydrogens is 206 g/mol. The van der Waals surface area contributed by atoms with Crippen LogP contribution in [0.4, 0.5) is 0 Å². The molecule has 0 bridgehead atoms. The highest BCUT2D eigenvalue weighted by molar-refractivity contribution is 5.69. The van der Waals surface area contributed by atoms with Gasteiger partial charge in [0.2, 0.25) is 0 Å². The topological polar surface area (TPSA) is 47.6 Å². The predicted octanol–water partition coefficient (Wildman–Crippen LogP) is 1.49. The van der Waals surface area contributed by atoms with Gasteiger partial charge in [0.25, 0.3) is 0 Å². The molecular formula is C12H23NO3. The Bertz CT molecular complexity index is 240. The quantitative estimate of drug-likeness (QED) is 0.742. The van der Waals surface area contributed by atoms with Crippen molar-refractivity contribution >= 4 is 5.97 Å². The number of hydrogen-bond donors (Lipinski definition) is 1. The fourth-order valence-corrected chi connectivity index (χ4v) is 2.17. The molecule has 0 saturated carbocycles. The minimum atomic E-state index is -0.161. The molecule has 4 nitrogen and oxygen atoms in total. The van der Waals surface area contributed by atoms with Gasteiger partial charge in [-0.3, -0.25) is 4.79 Å². The minimum Gasteiger partial charge on any atom is -0.469 e. The Labute approximate surface area is 97.7 Å². The third kappa shape index (κ3) is 4.49. The summed E-state index contributed by atoms with van der Waals surface area (Å²) in [5.74, 6) is -0.161. The van der Waals surface area contributed by atoms with Gasteiger partial charge in [-0.15, -0.1) is 0 Å². The second-order valence-electron chi connectivity index (χ2n) is 5.15. The van der Waals surface area contributed by atoms with Crippen molar-refractivity contribution in [1.82, 2.24) is 5.32 Å². The molecule has 2 atom stereocenters. The Hall–Kier alpha value is -0.610. The molecule has 1 aliphatic heterocycles. The molecule has 16 heavy (non-hydrogen) atoms. The van der Waals surface area contributed by atoms with E-state index in [4.69, 9.17) is 4.74 Å². The second-order valence-corrected chi connectivity index (χ2v) is 5.15. The van der Waals surface area contributed by atoms with Gasteiger partial charge in [0, 0.05) is 18.7 Å². The number of esters is 1. The summed E-state index contributed by atoms with van der Waals surface area (Å²) in [4.78, 5) is 11.1. The Morgan fingerprint density at radius 2 is 2.31 bits per heavy atom. The van der Waals surface area contributed by atoms with Crippen LogP contribution < -0.4 is 5.32 Å². The lowest BCUT2D eigenvalue weighted by atomic mass is 9.93. The van der Waals surface area contributed by atoms with Crippen molar-refractivity contribution in [3.63, 3.8) is 0 Å². The molecule has 1 N–H and O–H groups in total. The molecule has 94 valence electrons. The number of methoxy groups -OCH3 is 1. The minimum absolute atomic E-state index is 0.0547. The van der Waals surface area contributed by atoms with E-state index in [1.165, 1.54) is 7.11 Å². The molecule has 2 unspecified atom stereocenters. The van der Waals surface area contributed by atoms with Crippen molar-refractivity contribution in [2.75, 3.05) is 13.7 Å². The molecule has 1 heterocycles. The van der Waals surface area contributed by atoms with Crippen molar-refractivity contribution < 1.29 is 14.3 Å². The summed E-state index contributed by atoms with van der Waals surface area (Å²) in [6, 6.07) is 0.592. The van der Waals surface area contributed by atoms with E-state index < -0.39 is 0 Å². The van der Waals surface area contributed by atoms with E-state index in [-0.39, 0.29) is 17.6 Å². The second kappa shape index (κ2) is 5.64. The first-order chi connectivity index (χ1) is 7.43. The molecule has 1 aliphatic rings. The van der Waals surface area contributed by atoms with Crippen LogP contribution in [-0.4, -0.2) is 37.4 Å². The van der Waals surface area contributed by atoms with Crippen LogP contribution in [0.2, 0.25) is 0 Å². The number of ether oxygens (including phenoxy) is 2. The number of hydrogen-bond acceptors (Lipinski definition) is 4. The SMILES string of the molecule is COC(=O)CC(C)NC1CCOC(C)(C)C1. The van der Waals surface area contributed by atoms with E-state index >= 15 is 0 Å². The van der Waals surface area contributed by atoms with Gasteiger partial charge < -0.3 is 14.8 Å². The first-order valence-electron chi connectivity index (χ1n) is 5.90. The van der Waals surface area contributed by atoms with Crippen LogP contribution >= 0.6 is 0 Å². The summed E-state index contributed by atoms with van der Waals surface area (Å²) in [5, 5.41) is 3.46. The van der Waals surface area contributed by atoms with E-state index in [1.807, 2.05) is 6.92 Å². The standard InChI is InChI=1S/C12H23NO3/c1-9(7-11(14)15-4)13-10-5-6-16-12(2,3)8-10/h9-10,13H,5-8H2,1-4H3. The van der Waals surface area contributed by atoms with Crippen LogP contribution in [0.15, 0.2) is 0 Å². The lowest BCUT2D eigenvalue weighted by Crippen LogP contribution is -2.47. The summed E-state index contributed by atoms with van der Waals surface area (Å²) < 4.78 is 10.3. The van der Waals surface area contributed by atoms with Crippen LogP contribution in [0.25, 0.3) is 0 Å². The molecule has 0 spiro atoms. The average molecular weight is 229 g/mol. The van der Waals surface area contributed by atoms with Crippen LogP contribution in [0.1, 0.15) is 40.0 Å². The van der Waals surface area contributed by atoms with Crippen molar-refractivity contribution in [2.45, 2.75) is 57.7 Å². The van der Waals surface area contributed by atoms with Crippen LogP contribution in [0.5, 0.6) is 0 Å². The third-order valence-corrected chi connectivity index (χ3v) is 2.92. The van der Waals surface area contributed by atoms with Crippen LogP contribution in [0, 0.1) is 0 Å². The highest BCUT2D eigenvalue weighted by Crippen LogP contribution is 2.24. The molecule has 1 saturated heterocycles. The summed E-state index contributed by atoms with van der Waals surface area (Å²) in [7, 11) is 1.42. The van der Waals surface area contributed by atoms with Gasteiger partial charge in [0.15, 0.2) is 0 Å². The number of rotatable bonds is 4. The maximum absolute atomic E-state index is 11.1. The maximum atomic E-state index is 11.1. The monoisotopic (exact) mass is 229 g/mol. The summed E-state index contributed by atoms with van der Waals surface area (Å²) >= 11 is 0. The lowest BCUT2D eigenvalue weighted by molar-refractivity contribution is -0.141. The molecule has 0 radical (unpaired) electrons. The van der Waals surface area contributed by atoms with E-state index in [9.17, 15) is 4.79 Å². The first-order valence-corrected chi connectivity index (χ1v) is 5.90. The summed E-state index contributed by atoms with van der Waals surface area (Å²) in [6.45, 7) is 7.01. The zero-order valence-electron chi connectivity index (χ0n) is 10.7. The van der Waals surface area contributed by atoms with Gasteiger partial charge in [-0.05, 0) is 33.6 Å². The van der Waals surface area contributed by atoms with E-state index in [1.54, 1.807) is 0 Å². The first kappa shape index (κ1) is 13.5. The van der Waals surface area contributed by atoms with Crippen molar-refractivity contribution in [3.8, 4) is 0 Å². The van der Waals surface area contributed by atoms with Gasteiger partial charge in [-0.2, -0.15) is 0 Å². The Balaban J connectivity index is 2.33. The lowest BCUT2D eigenvalue weighted by Gasteiger charge is -2.37. The fourth-order valence-electron chi connectivity index (χ4n) is 2.17. The highest BCUT2D eigenvalue weighted by atomic mass is 16.5. The number of carbonyl (C=O) groups excluding carboxylic acids is 1. The zero-order valence-corrected chi connectivity index (χ0v) is 10.7. The zero-order chi connectivity index (χ0) is 12.2. The van der Waals surface area contributed by atoms with Crippen LogP contribution in [0.3, 0.4) is 0 Å². The van der Waals surface area contributed by atoms with Crippen molar-refractivity contribution in [3.05, 3.63) is 0 Å². The summed E-state index contributed by atoms with van der Waals surface area (Å²) in [6.07, 6.45) is 2.42. The van der Waals surface area contributed by atoms with Gasteiger partial charge in [0.1, 0.15) is 0 Å². The van der Waals surface area contributed by atoms with E-state index in [0.29, 0.717) is 12.5 Å². The maximum Gasteiger partial charge on any atom is 0.307 e. The Kier molecular flexibility index (Phi) is 4.74. The Morgan fingerprint density at radius 3 is 2.88 bits per heavy atom. The van der Waals surface area contributed by atoms with Crippen LogP contribution in [-0.2, 0) is 14.3 Å². The molecule has 1 rings (SSSR count). The largest absolute Gasteiger partial charge is 0.469 e. The van der Waals surface area contributed by atoms with Crippen molar-refractivity contribution in [1.29, 1.82) is 0 Å². The van der Waals surface area contributed by atoms with E-state index in [2.05, 4.69) is 23.9 Å². The van der Waals surface area contributed by atoms with Gasteiger partial charge in [-0.25, -0.2) is 0 Å². The summed E-state index contributed by atoms with van der Waals surface area (Å²) in [5.41, 5.74) is -0.0547. The molecule has 0 aromatic heterocycles.